The van der Waals surface area contributed by atoms with Crippen LogP contribution in [0.15, 0.2) is 65.7 Å². The molecule has 3 aromatic rings. The maximum atomic E-state index is 4.11. The van der Waals surface area contributed by atoms with Gasteiger partial charge in [-0.15, -0.1) is 12.4 Å². The Morgan fingerprint density at radius 2 is 1.70 bits per heavy atom. The minimum atomic E-state index is 0. The maximum absolute atomic E-state index is 4.11. The molecule has 0 fully saturated rings. The number of aromatic nitrogens is 3. The largest absolute Gasteiger partial charge is 0.309 e. The molecule has 1 heterocycles. The molecule has 0 saturated heterocycles. The van der Waals surface area contributed by atoms with Crippen LogP contribution >= 0.6 is 28.3 Å². The summed E-state index contributed by atoms with van der Waals surface area (Å²) in [5, 5.41) is 7.58. The fourth-order valence-corrected chi connectivity index (χ4v) is 2.67. The van der Waals surface area contributed by atoms with Gasteiger partial charge in [0.25, 0.3) is 0 Å². The van der Waals surface area contributed by atoms with Crippen molar-refractivity contribution in [3.05, 3.63) is 82.3 Å². The molecule has 0 bridgehead atoms. The Kier molecular flexibility index (Phi) is 6.77. The van der Waals surface area contributed by atoms with Crippen molar-refractivity contribution in [2.75, 3.05) is 0 Å². The van der Waals surface area contributed by atoms with Crippen molar-refractivity contribution in [3.63, 3.8) is 0 Å². The zero-order valence-electron chi connectivity index (χ0n) is 12.5. The number of nitrogens with one attached hydrogen (secondary N) is 1. The van der Waals surface area contributed by atoms with Crippen LogP contribution in [0.25, 0.3) is 0 Å². The molecule has 0 spiro atoms. The summed E-state index contributed by atoms with van der Waals surface area (Å²) in [7, 11) is 0. The molecule has 0 aliphatic carbocycles. The molecule has 0 saturated carbocycles. The highest BCUT2D eigenvalue weighted by Gasteiger charge is 1.99. The second kappa shape index (κ2) is 8.82. The van der Waals surface area contributed by atoms with E-state index in [4.69, 9.17) is 0 Å². The van der Waals surface area contributed by atoms with E-state index in [1.54, 1.807) is 12.7 Å². The van der Waals surface area contributed by atoms with Gasteiger partial charge in [0, 0.05) is 17.6 Å². The number of hydrogen-bond acceptors (Lipinski definition) is 3. The van der Waals surface area contributed by atoms with Crippen LogP contribution in [-0.4, -0.2) is 14.8 Å². The molecular weight excluding hydrogens is 376 g/mol. The van der Waals surface area contributed by atoms with Gasteiger partial charge in [-0.25, -0.2) is 9.67 Å². The summed E-state index contributed by atoms with van der Waals surface area (Å²) >= 11 is 3.57. The first-order valence-electron chi connectivity index (χ1n) is 7.15. The average Bonchev–Trinajstić information content (AvgIpc) is 3.04. The van der Waals surface area contributed by atoms with Crippen molar-refractivity contribution in [2.24, 2.45) is 0 Å². The van der Waals surface area contributed by atoms with Gasteiger partial charge in [-0.3, -0.25) is 0 Å². The number of hydrogen-bond donors (Lipinski definition) is 1. The van der Waals surface area contributed by atoms with E-state index in [9.17, 15) is 0 Å². The van der Waals surface area contributed by atoms with Gasteiger partial charge in [0.2, 0.25) is 0 Å². The molecule has 6 heteroatoms. The van der Waals surface area contributed by atoms with Crippen molar-refractivity contribution in [3.8, 4) is 0 Å². The third-order valence-corrected chi connectivity index (χ3v) is 4.21. The van der Waals surface area contributed by atoms with E-state index in [1.807, 2.05) is 10.7 Å². The molecule has 4 nitrogen and oxygen atoms in total. The van der Waals surface area contributed by atoms with Gasteiger partial charge in [0.15, 0.2) is 0 Å². The van der Waals surface area contributed by atoms with Crippen LogP contribution in [0.2, 0.25) is 0 Å². The minimum absolute atomic E-state index is 0. The van der Waals surface area contributed by atoms with Gasteiger partial charge in [-0.05, 0) is 22.8 Å². The van der Waals surface area contributed by atoms with Crippen molar-refractivity contribution < 1.29 is 0 Å². The van der Waals surface area contributed by atoms with E-state index >= 15 is 0 Å². The van der Waals surface area contributed by atoms with Crippen molar-refractivity contribution in [1.82, 2.24) is 20.1 Å². The van der Waals surface area contributed by atoms with Gasteiger partial charge in [0.05, 0.1) is 6.54 Å². The van der Waals surface area contributed by atoms with Crippen LogP contribution in [0, 0.1) is 0 Å². The molecule has 120 valence electrons. The van der Waals surface area contributed by atoms with E-state index < -0.39 is 0 Å². The predicted octanol–water partition coefficient (Wildman–Crippen LogP) is 3.80. The molecule has 1 N–H and O–H groups in total. The van der Waals surface area contributed by atoms with Crippen LogP contribution in [0.4, 0.5) is 0 Å². The van der Waals surface area contributed by atoms with Crippen LogP contribution in [0.5, 0.6) is 0 Å². The first-order chi connectivity index (χ1) is 10.8. The van der Waals surface area contributed by atoms with Crippen LogP contribution in [0.1, 0.15) is 16.7 Å². The Morgan fingerprint density at radius 1 is 0.957 bits per heavy atom. The Bertz CT molecular complexity index is 714. The highest BCUT2D eigenvalue weighted by molar-refractivity contribution is 9.10. The SMILES string of the molecule is Brc1ccccc1CNCc1ccc(Cn2cncn2)cc1.Cl. The van der Waals surface area contributed by atoms with Crippen LogP contribution < -0.4 is 5.32 Å². The molecule has 0 amide bonds. The van der Waals surface area contributed by atoms with Crippen LogP contribution in [-0.2, 0) is 19.6 Å². The highest BCUT2D eigenvalue weighted by Crippen LogP contribution is 2.15. The molecule has 0 aliphatic heterocycles. The zero-order valence-corrected chi connectivity index (χ0v) is 14.9. The third-order valence-electron chi connectivity index (χ3n) is 3.44. The van der Waals surface area contributed by atoms with Gasteiger partial charge in [-0.2, -0.15) is 5.10 Å². The summed E-state index contributed by atoms with van der Waals surface area (Å²) in [6.45, 7) is 2.46. The van der Waals surface area contributed by atoms with Crippen molar-refractivity contribution >= 4 is 28.3 Å². The lowest BCUT2D eigenvalue weighted by Gasteiger charge is -2.08. The monoisotopic (exact) mass is 392 g/mol. The Morgan fingerprint density at radius 3 is 2.39 bits per heavy atom. The summed E-state index contributed by atoms with van der Waals surface area (Å²) in [4.78, 5) is 3.95. The maximum Gasteiger partial charge on any atom is 0.137 e. The van der Waals surface area contributed by atoms with E-state index in [1.165, 1.54) is 16.7 Å². The second-order valence-corrected chi connectivity index (χ2v) is 5.96. The summed E-state index contributed by atoms with van der Waals surface area (Å²) in [6, 6.07) is 16.9. The molecule has 3 rings (SSSR count). The molecule has 2 aromatic carbocycles. The quantitative estimate of drug-likeness (QED) is 0.692. The summed E-state index contributed by atoms with van der Waals surface area (Å²) in [5.74, 6) is 0. The number of benzene rings is 2. The Balaban J connectivity index is 0.00000192. The zero-order chi connectivity index (χ0) is 15.2. The van der Waals surface area contributed by atoms with Gasteiger partial charge in [0.1, 0.15) is 12.7 Å². The fraction of sp³-hybridized carbons (Fsp3) is 0.176. The lowest BCUT2D eigenvalue weighted by Crippen LogP contribution is -2.13. The van der Waals surface area contributed by atoms with Crippen LogP contribution in [0.3, 0.4) is 0 Å². The van der Waals surface area contributed by atoms with E-state index in [0.29, 0.717) is 0 Å². The number of halogens is 2. The van der Waals surface area contributed by atoms with Crippen molar-refractivity contribution in [2.45, 2.75) is 19.6 Å². The molecule has 0 unspecified atom stereocenters. The van der Waals surface area contributed by atoms with E-state index in [-0.39, 0.29) is 12.4 Å². The number of rotatable bonds is 6. The van der Waals surface area contributed by atoms with E-state index in [2.05, 4.69) is 73.8 Å². The van der Waals surface area contributed by atoms with E-state index in [0.717, 1.165) is 24.1 Å². The topological polar surface area (TPSA) is 42.7 Å². The fourth-order valence-electron chi connectivity index (χ4n) is 2.25. The molecule has 0 radical (unpaired) electrons. The Labute approximate surface area is 150 Å². The third kappa shape index (κ3) is 5.16. The minimum Gasteiger partial charge on any atom is -0.309 e. The molecule has 0 atom stereocenters. The lowest BCUT2D eigenvalue weighted by atomic mass is 10.1. The number of nitrogens with zero attached hydrogens (tertiary/aromatic N) is 3. The average molecular weight is 394 g/mol. The standard InChI is InChI=1S/C17H17BrN4.ClH/c18-17-4-2-1-3-16(17)10-19-9-14-5-7-15(8-6-14)11-22-13-20-12-21-22;/h1-8,12-13,19H,9-11H2;1H. The molecule has 1 aromatic heterocycles. The molecule has 23 heavy (non-hydrogen) atoms. The van der Waals surface area contributed by atoms with Gasteiger partial charge >= 0.3 is 0 Å². The van der Waals surface area contributed by atoms with Gasteiger partial charge in [-0.1, -0.05) is 58.4 Å². The lowest BCUT2D eigenvalue weighted by molar-refractivity contribution is 0.680. The van der Waals surface area contributed by atoms with Gasteiger partial charge < -0.3 is 5.32 Å². The highest BCUT2D eigenvalue weighted by atomic mass is 79.9. The first kappa shape index (κ1) is 17.7. The smallest absolute Gasteiger partial charge is 0.137 e. The summed E-state index contributed by atoms with van der Waals surface area (Å²) in [5.41, 5.74) is 3.76. The second-order valence-electron chi connectivity index (χ2n) is 5.10. The summed E-state index contributed by atoms with van der Waals surface area (Å²) < 4.78 is 2.96. The Hall–Kier alpha value is -1.69. The predicted molar refractivity (Wildman–Crippen MR) is 97.5 cm³/mol. The van der Waals surface area contributed by atoms with Crippen molar-refractivity contribution in [1.29, 1.82) is 0 Å². The first-order valence-corrected chi connectivity index (χ1v) is 7.95. The molecular formula is C17H18BrClN4. The molecule has 0 aliphatic rings. The summed E-state index contributed by atoms with van der Waals surface area (Å²) in [6.07, 6.45) is 3.28. The normalized spacial score (nSPS) is 10.3.